The molecule has 1 saturated carbocycles. The van der Waals surface area contributed by atoms with Gasteiger partial charge in [-0.3, -0.25) is 4.90 Å². The molecule has 1 aromatic carbocycles. The molecule has 1 aliphatic carbocycles. The maximum atomic E-state index is 5.96. The zero-order valence-corrected chi connectivity index (χ0v) is 13.9. The summed E-state index contributed by atoms with van der Waals surface area (Å²) in [6, 6.07) is 7.97. The second-order valence-electron chi connectivity index (χ2n) is 6.35. The van der Waals surface area contributed by atoms with E-state index in [0.717, 1.165) is 29.5 Å². The van der Waals surface area contributed by atoms with Crippen molar-refractivity contribution in [2.45, 2.75) is 37.8 Å². The summed E-state index contributed by atoms with van der Waals surface area (Å²) in [5.74, 6) is 2.10. The third-order valence-corrected chi connectivity index (χ3v) is 4.90. The van der Waals surface area contributed by atoms with Gasteiger partial charge in [0.05, 0.1) is 18.8 Å². The fraction of sp³-hybridized carbons (Fsp3) is 0.529. The molecule has 2 atom stereocenters. The van der Waals surface area contributed by atoms with Gasteiger partial charge in [-0.05, 0) is 37.5 Å². The minimum atomic E-state index is 0.0503. The van der Waals surface area contributed by atoms with Crippen LogP contribution in [-0.2, 0) is 4.74 Å². The van der Waals surface area contributed by atoms with Crippen molar-refractivity contribution in [1.29, 1.82) is 0 Å². The number of nitrogens with zero attached hydrogens (tertiary/aromatic N) is 3. The summed E-state index contributed by atoms with van der Waals surface area (Å²) in [5, 5.41) is 4.87. The lowest BCUT2D eigenvalue weighted by Gasteiger charge is -2.35. The normalized spacial score (nSPS) is 23.8. The summed E-state index contributed by atoms with van der Waals surface area (Å²) in [6.45, 7) is 4.49. The molecule has 0 amide bonds. The zero-order chi connectivity index (χ0) is 15.8. The second kappa shape index (κ2) is 6.23. The van der Waals surface area contributed by atoms with Crippen LogP contribution in [0.15, 0.2) is 28.8 Å². The molecule has 0 bridgehead atoms. The van der Waals surface area contributed by atoms with Crippen molar-refractivity contribution >= 4 is 11.6 Å². The zero-order valence-electron chi connectivity index (χ0n) is 13.1. The number of morpholine rings is 1. The highest BCUT2D eigenvalue weighted by Crippen LogP contribution is 2.39. The Labute approximate surface area is 140 Å². The van der Waals surface area contributed by atoms with Crippen LogP contribution in [0.5, 0.6) is 0 Å². The van der Waals surface area contributed by atoms with Gasteiger partial charge in [0.25, 0.3) is 0 Å². The first-order valence-corrected chi connectivity index (χ1v) is 8.53. The highest BCUT2D eigenvalue weighted by atomic mass is 35.5. The highest BCUT2D eigenvalue weighted by molar-refractivity contribution is 6.30. The molecule has 0 N–H and O–H groups in total. The summed E-state index contributed by atoms with van der Waals surface area (Å²) >= 11 is 5.96. The predicted molar refractivity (Wildman–Crippen MR) is 86.4 cm³/mol. The van der Waals surface area contributed by atoms with E-state index in [1.807, 2.05) is 24.3 Å². The minimum absolute atomic E-state index is 0.0503. The van der Waals surface area contributed by atoms with Crippen molar-refractivity contribution in [3.63, 3.8) is 0 Å². The van der Waals surface area contributed by atoms with Gasteiger partial charge >= 0.3 is 0 Å². The fourth-order valence-electron chi connectivity index (χ4n) is 2.98. The number of hydrogen-bond donors (Lipinski definition) is 0. The van der Waals surface area contributed by atoms with Crippen molar-refractivity contribution in [2.75, 3.05) is 19.7 Å². The third-order valence-electron chi connectivity index (χ3n) is 4.64. The van der Waals surface area contributed by atoms with Crippen molar-refractivity contribution in [1.82, 2.24) is 15.0 Å². The summed E-state index contributed by atoms with van der Waals surface area (Å²) in [5.41, 5.74) is 1.15. The van der Waals surface area contributed by atoms with Crippen LogP contribution in [0.1, 0.15) is 55.1 Å². The van der Waals surface area contributed by atoms with Gasteiger partial charge in [0.2, 0.25) is 5.89 Å². The van der Waals surface area contributed by atoms with Crippen LogP contribution >= 0.6 is 11.6 Å². The van der Waals surface area contributed by atoms with E-state index < -0.39 is 0 Å². The van der Waals surface area contributed by atoms with Crippen LogP contribution in [-0.4, -0.2) is 34.7 Å². The molecule has 5 nitrogen and oxygen atoms in total. The highest BCUT2D eigenvalue weighted by Gasteiger charge is 2.32. The van der Waals surface area contributed by atoms with Crippen LogP contribution in [0.2, 0.25) is 5.02 Å². The minimum Gasteiger partial charge on any atom is -0.371 e. The van der Waals surface area contributed by atoms with E-state index in [9.17, 15) is 0 Å². The average molecular weight is 334 g/mol. The Balaban J connectivity index is 1.46. The predicted octanol–water partition coefficient (Wildman–Crippen LogP) is 3.73. The molecule has 0 spiro atoms. The Morgan fingerprint density at radius 1 is 1.26 bits per heavy atom. The van der Waals surface area contributed by atoms with Crippen molar-refractivity contribution in [3.05, 3.63) is 46.6 Å². The molecular formula is C17H20ClN3O2. The Morgan fingerprint density at radius 3 is 2.78 bits per heavy atom. The number of hydrogen-bond acceptors (Lipinski definition) is 5. The fourth-order valence-corrected chi connectivity index (χ4v) is 3.11. The van der Waals surface area contributed by atoms with Crippen LogP contribution in [0, 0.1) is 0 Å². The first kappa shape index (κ1) is 15.1. The Bertz CT molecular complexity index is 669. The first-order chi connectivity index (χ1) is 11.2. The lowest BCUT2D eigenvalue weighted by Crippen LogP contribution is -2.40. The number of rotatable bonds is 4. The Hall–Kier alpha value is -1.43. The molecule has 4 rings (SSSR count). The van der Waals surface area contributed by atoms with Gasteiger partial charge in [-0.1, -0.05) is 28.9 Å². The molecule has 2 fully saturated rings. The average Bonchev–Trinajstić information content (AvgIpc) is 3.32. The Kier molecular flexibility index (Phi) is 4.09. The maximum absolute atomic E-state index is 5.96. The van der Waals surface area contributed by atoms with Crippen LogP contribution in [0.4, 0.5) is 0 Å². The van der Waals surface area contributed by atoms with Gasteiger partial charge in [0.15, 0.2) is 5.82 Å². The molecule has 1 aromatic heterocycles. The summed E-state index contributed by atoms with van der Waals surface area (Å²) in [6.07, 6.45) is 2.42. The van der Waals surface area contributed by atoms with E-state index in [1.54, 1.807) is 0 Å². The molecule has 23 heavy (non-hydrogen) atoms. The van der Waals surface area contributed by atoms with Crippen molar-refractivity contribution in [2.24, 2.45) is 0 Å². The standard InChI is InChI=1S/C17H20ClN3O2/c1-11(17-19-16(20-23-17)13-2-3-13)21-8-9-22-15(10-21)12-4-6-14(18)7-5-12/h4-7,11,13,15H,2-3,8-10H2,1H3/t11-,15+/m0/s1. The molecular weight excluding hydrogens is 314 g/mol. The summed E-state index contributed by atoms with van der Waals surface area (Å²) < 4.78 is 11.4. The topological polar surface area (TPSA) is 51.4 Å². The number of ether oxygens (including phenoxy) is 1. The van der Waals surface area contributed by atoms with Gasteiger partial charge in [-0.25, -0.2) is 0 Å². The largest absolute Gasteiger partial charge is 0.371 e. The van der Waals surface area contributed by atoms with Crippen molar-refractivity contribution in [3.8, 4) is 0 Å². The van der Waals surface area contributed by atoms with Gasteiger partial charge in [0.1, 0.15) is 0 Å². The monoisotopic (exact) mass is 333 g/mol. The molecule has 6 heteroatoms. The van der Waals surface area contributed by atoms with E-state index in [2.05, 4.69) is 22.0 Å². The molecule has 2 aliphatic rings. The van der Waals surface area contributed by atoms with Crippen molar-refractivity contribution < 1.29 is 9.26 Å². The number of halogens is 1. The lowest BCUT2D eigenvalue weighted by atomic mass is 10.1. The van der Waals surface area contributed by atoms with Crippen LogP contribution in [0.3, 0.4) is 0 Å². The van der Waals surface area contributed by atoms with Gasteiger partial charge in [-0.15, -0.1) is 0 Å². The molecule has 0 radical (unpaired) electrons. The molecule has 0 unspecified atom stereocenters. The Morgan fingerprint density at radius 2 is 2.04 bits per heavy atom. The summed E-state index contributed by atoms with van der Waals surface area (Å²) in [4.78, 5) is 6.92. The molecule has 2 heterocycles. The molecule has 1 saturated heterocycles. The first-order valence-electron chi connectivity index (χ1n) is 8.15. The SMILES string of the molecule is C[C@@H](c1nc(C2CC2)no1)N1CCO[C@@H](c2ccc(Cl)cc2)C1. The van der Waals surface area contributed by atoms with E-state index in [4.69, 9.17) is 20.9 Å². The maximum Gasteiger partial charge on any atom is 0.243 e. The van der Waals surface area contributed by atoms with Crippen LogP contribution < -0.4 is 0 Å². The quantitative estimate of drug-likeness (QED) is 0.853. The molecule has 122 valence electrons. The van der Waals surface area contributed by atoms with Crippen LogP contribution in [0.25, 0.3) is 0 Å². The van der Waals surface area contributed by atoms with Gasteiger partial charge in [0, 0.05) is 24.0 Å². The second-order valence-corrected chi connectivity index (χ2v) is 6.78. The third kappa shape index (κ3) is 3.27. The van der Waals surface area contributed by atoms with E-state index in [1.165, 1.54) is 12.8 Å². The van der Waals surface area contributed by atoms with E-state index in [0.29, 0.717) is 18.4 Å². The smallest absolute Gasteiger partial charge is 0.243 e. The lowest BCUT2D eigenvalue weighted by molar-refractivity contribution is -0.0469. The number of aromatic nitrogens is 2. The summed E-state index contributed by atoms with van der Waals surface area (Å²) in [7, 11) is 0. The molecule has 1 aliphatic heterocycles. The van der Waals surface area contributed by atoms with E-state index >= 15 is 0 Å². The van der Waals surface area contributed by atoms with E-state index in [-0.39, 0.29) is 12.1 Å². The van der Waals surface area contributed by atoms with Gasteiger partial charge in [-0.2, -0.15) is 4.98 Å². The number of benzene rings is 1. The molecule has 2 aromatic rings. The van der Waals surface area contributed by atoms with Gasteiger partial charge < -0.3 is 9.26 Å².